The van der Waals surface area contributed by atoms with Crippen molar-refractivity contribution in [2.45, 2.75) is 33.5 Å². The van der Waals surface area contributed by atoms with E-state index in [4.69, 9.17) is 9.72 Å². The number of morpholine rings is 1. The standard InChI is InChI=1S/C35H33F3N6O2/c1-21-4-8-28(41-33(45)24-6-7-25(31(16-24)35(36,37)38)20-44-10-12-46-13-11-44)17-30(21)26-14-22(2)32-27(15-26)18-40-34(43-32)42-29-9-5-23(3)39-19-29/h4-9,14-19H,10-13,20H2,1-3H3,(H,41,45)(H,40,42,43). The molecule has 236 valence electrons. The Morgan fingerprint density at radius 2 is 1.67 bits per heavy atom. The number of carbonyl (C=O) groups excluding carboxylic acids is 1. The number of carbonyl (C=O) groups is 1. The molecule has 1 fully saturated rings. The number of benzene rings is 3. The molecule has 0 spiro atoms. The van der Waals surface area contributed by atoms with Crippen molar-refractivity contribution in [1.29, 1.82) is 0 Å². The van der Waals surface area contributed by atoms with Crippen molar-refractivity contribution >= 4 is 34.1 Å². The first kappa shape index (κ1) is 31.1. The Bertz CT molecular complexity index is 1900. The summed E-state index contributed by atoms with van der Waals surface area (Å²) in [6, 6.07) is 17.0. The van der Waals surface area contributed by atoms with E-state index in [9.17, 15) is 18.0 Å². The smallest absolute Gasteiger partial charge is 0.379 e. The van der Waals surface area contributed by atoms with Gasteiger partial charge in [-0.25, -0.2) is 9.97 Å². The van der Waals surface area contributed by atoms with Crippen LogP contribution in [0.15, 0.2) is 73.1 Å². The third kappa shape index (κ3) is 7.00. The summed E-state index contributed by atoms with van der Waals surface area (Å²) in [7, 11) is 0. The highest BCUT2D eigenvalue weighted by atomic mass is 19.4. The van der Waals surface area contributed by atoms with E-state index in [2.05, 4.69) is 20.6 Å². The quantitative estimate of drug-likeness (QED) is 0.194. The molecule has 1 aliphatic rings. The monoisotopic (exact) mass is 626 g/mol. The lowest BCUT2D eigenvalue weighted by Gasteiger charge is -2.27. The molecule has 1 aliphatic heterocycles. The Morgan fingerprint density at radius 1 is 0.891 bits per heavy atom. The zero-order valence-electron chi connectivity index (χ0n) is 25.7. The number of hydrogen-bond acceptors (Lipinski definition) is 7. The van der Waals surface area contributed by atoms with Gasteiger partial charge in [0, 0.05) is 48.2 Å². The Hall–Kier alpha value is -4.87. The van der Waals surface area contributed by atoms with Crippen LogP contribution in [0.5, 0.6) is 0 Å². The minimum atomic E-state index is -4.60. The van der Waals surface area contributed by atoms with Crippen LogP contribution < -0.4 is 10.6 Å². The maximum absolute atomic E-state index is 14.0. The average molecular weight is 627 g/mol. The molecule has 2 aromatic heterocycles. The molecule has 6 rings (SSSR count). The van der Waals surface area contributed by atoms with E-state index in [0.717, 1.165) is 50.6 Å². The van der Waals surface area contributed by atoms with Crippen molar-refractivity contribution < 1.29 is 22.7 Å². The van der Waals surface area contributed by atoms with Crippen LogP contribution in [0.4, 0.5) is 30.5 Å². The van der Waals surface area contributed by atoms with E-state index in [-0.39, 0.29) is 17.7 Å². The number of nitrogens with one attached hydrogen (secondary N) is 2. The lowest BCUT2D eigenvalue weighted by atomic mass is 9.96. The van der Waals surface area contributed by atoms with Crippen LogP contribution in [0.25, 0.3) is 22.0 Å². The SMILES string of the molecule is Cc1ccc(Nc2ncc3cc(-c4cc(NC(=O)c5ccc(CN6CCOCC6)c(C(F)(F)F)c5)ccc4C)cc(C)c3n2)cn1. The van der Waals surface area contributed by atoms with Gasteiger partial charge in [0.1, 0.15) is 0 Å². The Kier molecular flexibility index (Phi) is 8.70. The molecule has 3 heterocycles. The fraction of sp³-hybridized carbons (Fsp3) is 0.257. The predicted molar refractivity (Wildman–Crippen MR) is 172 cm³/mol. The summed E-state index contributed by atoms with van der Waals surface area (Å²) in [6.45, 7) is 8.07. The summed E-state index contributed by atoms with van der Waals surface area (Å²) >= 11 is 0. The van der Waals surface area contributed by atoms with E-state index < -0.39 is 17.6 Å². The minimum Gasteiger partial charge on any atom is -0.379 e. The summed E-state index contributed by atoms with van der Waals surface area (Å²) in [5.74, 6) is -0.164. The molecule has 0 bridgehead atoms. The van der Waals surface area contributed by atoms with Crippen LogP contribution in [0, 0.1) is 20.8 Å². The van der Waals surface area contributed by atoms with E-state index in [1.165, 1.54) is 12.1 Å². The van der Waals surface area contributed by atoms with Gasteiger partial charge in [-0.15, -0.1) is 0 Å². The van der Waals surface area contributed by atoms with E-state index in [1.54, 1.807) is 18.5 Å². The number of nitrogens with zero attached hydrogens (tertiary/aromatic N) is 4. The molecule has 11 heteroatoms. The second-order valence-corrected chi connectivity index (χ2v) is 11.5. The van der Waals surface area contributed by atoms with Crippen LogP contribution in [-0.2, 0) is 17.5 Å². The highest BCUT2D eigenvalue weighted by Gasteiger charge is 2.34. The number of rotatable bonds is 7. The molecule has 0 radical (unpaired) electrons. The first-order chi connectivity index (χ1) is 22.0. The third-order valence-electron chi connectivity index (χ3n) is 8.02. The lowest BCUT2D eigenvalue weighted by molar-refractivity contribution is -0.138. The molecular formula is C35H33F3N6O2. The second kappa shape index (κ2) is 12.9. The highest BCUT2D eigenvalue weighted by Crippen LogP contribution is 2.35. The number of hydrogen-bond donors (Lipinski definition) is 2. The van der Waals surface area contributed by atoms with Crippen LogP contribution in [0.2, 0.25) is 0 Å². The van der Waals surface area contributed by atoms with Crippen LogP contribution >= 0.6 is 0 Å². The molecule has 46 heavy (non-hydrogen) atoms. The van der Waals surface area contributed by atoms with Gasteiger partial charge in [-0.3, -0.25) is 14.7 Å². The molecule has 0 unspecified atom stereocenters. The van der Waals surface area contributed by atoms with E-state index >= 15 is 0 Å². The normalized spacial score (nSPS) is 14.0. The third-order valence-corrected chi connectivity index (χ3v) is 8.02. The van der Waals surface area contributed by atoms with Crippen molar-refractivity contribution in [3.63, 3.8) is 0 Å². The van der Waals surface area contributed by atoms with Gasteiger partial charge in [0.15, 0.2) is 0 Å². The largest absolute Gasteiger partial charge is 0.416 e. The highest BCUT2D eigenvalue weighted by molar-refractivity contribution is 6.05. The molecule has 0 aliphatic carbocycles. The van der Waals surface area contributed by atoms with Gasteiger partial charge >= 0.3 is 6.18 Å². The Labute approximate surface area is 264 Å². The zero-order valence-corrected chi connectivity index (χ0v) is 25.7. The van der Waals surface area contributed by atoms with Gasteiger partial charge in [-0.05, 0) is 97.1 Å². The fourth-order valence-electron chi connectivity index (χ4n) is 5.54. The van der Waals surface area contributed by atoms with Gasteiger partial charge in [-0.2, -0.15) is 13.2 Å². The number of ether oxygens (including phenoxy) is 1. The molecular weight excluding hydrogens is 593 g/mol. The number of anilines is 3. The summed E-state index contributed by atoms with van der Waals surface area (Å²) in [5, 5.41) is 6.81. The molecule has 1 saturated heterocycles. The van der Waals surface area contributed by atoms with Gasteiger partial charge < -0.3 is 15.4 Å². The van der Waals surface area contributed by atoms with E-state index in [0.29, 0.717) is 37.9 Å². The fourth-order valence-corrected chi connectivity index (χ4v) is 5.54. The van der Waals surface area contributed by atoms with Crippen LogP contribution in [0.1, 0.15) is 38.3 Å². The van der Waals surface area contributed by atoms with Crippen molar-refractivity contribution in [2.75, 3.05) is 36.9 Å². The number of fused-ring (bicyclic) bond motifs is 1. The van der Waals surface area contributed by atoms with Crippen molar-refractivity contribution in [1.82, 2.24) is 19.9 Å². The summed E-state index contributed by atoms with van der Waals surface area (Å²) in [4.78, 5) is 28.6. The van der Waals surface area contributed by atoms with Gasteiger partial charge in [-0.1, -0.05) is 12.1 Å². The van der Waals surface area contributed by atoms with Crippen LogP contribution in [0.3, 0.4) is 0 Å². The van der Waals surface area contributed by atoms with Gasteiger partial charge in [0.2, 0.25) is 5.95 Å². The predicted octanol–water partition coefficient (Wildman–Crippen LogP) is 7.46. The van der Waals surface area contributed by atoms with Crippen molar-refractivity contribution in [3.05, 3.63) is 107 Å². The number of aryl methyl sites for hydroxylation is 3. The topological polar surface area (TPSA) is 92.3 Å². The van der Waals surface area contributed by atoms with Crippen molar-refractivity contribution in [2.24, 2.45) is 0 Å². The molecule has 2 N–H and O–H groups in total. The van der Waals surface area contributed by atoms with Gasteiger partial charge in [0.25, 0.3) is 5.91 Å². The van der Waals surface area contributed by atoms with Gasteiger partial charge in [0.05, 0.1) is 36.2 Å². The summed E-state index contributed by atoms with van der Waals surface area (Å²) in [5.41, 5.74) is 5.89. The second-order valence-electron chi connectivity index (χ2n) is 11.5. The van der Waals surface area contributed by atoms with Crippen LogP contribution in [-0.4, -0.2) is 52.1 Å². The number of aromatic nitrogens is 3. The number of amides is 1. The molecule has 0 saturated carbocycles. The zero-order chi connectivity index (χ0) is 32.4. The Balaban J connectivity index is 1.23. The number of pyridine rings is 1. The molecule has 5 aromatic rings. The molecule has 1 amide bonds. The number of halogens is 3. The van der Waals surface area contributed by atoms with Crippen molar-refractivity contribution in [3.8, 4) is 11.1 Å². The maximum atomic E-state index is 14.0. The maximum Gasteiger partial charge on any atom is 0.416 e. The van der Waals surface area contributed by atoms with E-state index in [1.807, 2.05) is 62.1 Å². The lowest BCUT2D eigenvalue weighted by Crippen LogP contribution is -2.36. The molecule has 0 atom stereocenters. The average Bonchev–Trinajstić information content (AvgIpc) is 3.03. The first-order valence-corrected chi connectivity index (χ1v) is 14.9. The molecule has 8 nitrogen and oxygen atoms in total. The summed E-state index contributed by atoms with van der Waals surface area (Å²) in [6.07, 6.45) is -1.11. The first-order valence-electron chi connectivity index (χ1n) is 14.9. The Morgan fingerprint density at radius 3 is 2.41 bits per heavy atom. The summed E-state index contributed by atoms with van der Waals surface area (Å²) < 4.78 is 47.4. The molecule has 3 aromatic carbocycles. The number of alkyl halides is 3. The minimum absolute atomic E-state index is 0.0651.